The van der Waals surface area contributed by atoms with Crippen molar-refractivity contribution in [2.24, 2.45) is 5.41 Å². The molecule has 3 aliphatic rings. The monoisotopic (exact) mass is 379 g/mol. The van der Waals surface area contributed by atoms with Gasteiger partial charge in [0.2, 0.25) is 6.79 Å². The van der Waals surface area contributed by atoms with Crippen LogP contribution in [0.4, 0.5) is 5.69 Å². The molecule has 5 rings (SSSR count). The van der Waals surface area contributed by atoms with Crippen LogP contribution in [-0.2, 0) is 4.79 Å². The number of ether oxygens (including phenoxy) is 2. The highest BCUT2D eigenvalue weighted by molar-refractivity contribution is 6.01. The molecule has 0 fully saturated rings. The van der Waals surface area contributed by atoms with E-state index in [1.165, 1.54) is 12.1 Å². The largest absolute Gasteiger partial charge is 0.504 e. The van der Waals surface area contributed by atoms with Crippen LogP contribution < -0.4 is 14.8 Å². The molecule has 144 valence electrons. The third kappa shape index (κ3) is 2.52. The number of carbonyl (C=O) groups is 1. The van der Waals surface area contributed by atoms with Crippen LogP contribution in [0, 0.1) is 5.41 Å². The molecular formula is C22H21NO5. The lowest BCUT2D eigenvalue weighted by molar-refractivity contribution is -0.118. The lowest BCUT2D eigenvalue weighted by Gasteiger charge is -2.39. The van der Waals surface area contributed by atoms with Crippen molar-refractivity contribution in [3.05, 3.63) is 52.7 Å². The normalized spacial score (nSPS) is 21.8. The summed E-state index contributed by atoms with van der Waals surface area (Å²) in [5.74, 6) is 0.665. The molecule has 6 nitrogen and oxygen atoms in total. The predicted molar refractivity (Wildman–Crippen MR) is 103 cm³/mol. The first-order chi connectivity index (χ1) is 13.3. The van der Waals surface area contributed by atoms with Gasteiger partial charge in [0.25, 0.3) is 0 Å². The van der Waals surface area contributed by atoms with Gasteiger partial charge >= 0.3 is 0 Å². The van der Waals surface area contributed by atoms with Gasteiger partial charge in [-0.1, -0.05) is 19.9 Å². The highest BCUT2D eigenvalue weighted by atomic mass is 16.7. The number of carbonyl (C=O) groups excluding carboxylic acids is 1. The molecule has 0 spiro atoms. The van der Waals surface area contributed by atoms with Crippen LogP contribution in [0.15, 0.2) is 41.6 Å². The van der Waals surface area contributed by atoms with Crippen LogP contribution in [-0.4, -0.2) is 22.8 Å². The Hall–Kier alpha value is -3.15. The van der Waals surface area contributed by atoms with Gasteiger partial charge in [-0.05, 0) is 41.2 Å². The zero-order valence-electron chi connectivity index (χ0n) is 15.7. The first-order valence-corrected chi connectivity index (χ1v) is 9.31. The molecule has 0 saturated carbocycles. The number of fused-ring (bicyclic) bond motifs is 2. The van der Waals surface area contributed by atoms with Gasteiger partial charge in [0.15, 0.2) is 28.8 Å². The number of hydrogen-bond donors (Lipinski definition) is 3. The van der Waals surface area contributed by atoms with Crippen molar-refractivity contribution in [3.8, 4) is 23.0 Å². The minimum atomic E-state index is -0.351. The fourth-order valence-corrected chi connectivity index (χ4v) is 4.47. The number of benzene rings is 2. The summed E-state index contributed by atoms with van der Waals surface area (Å²) in [5, 5.41) is 23.3. The standard InChI is InChI=1S/C22H21NO5/c1-22(2)8-14-21(17(26)9-22)20(11-3-4-15(24)16(25)5-11)12-6-18-19(28-10-27-18)7-13(12)23-14/h3-7,20,23-25H,8-10H2,1-2H3/t20-/m0/s1. The first kappa shape index (κ1) is 17.0. The Kier molecular flexibility index (Phi) is 3.44. The molecule has 2 heterocycles. The van der Waals surface area contributed by atoms with Crippen LogP contribution in [0.2, 0.25) is 0 Å². The van der Waals surface area contributed by atoms with Crippen molar-refractivity contribution >= 4 is 11.5 Å². The molecule has 1 atom stereocenters. The number of phenols is 2. The minimum absolute atomic E-state index is 0.0969. The van der Waals surface area contributed by atoms with Crippen molar-refractivity contribution in [2.45, 2.75) is 32.6 Å². The van der Waals surface area contributed by atoms with E-state index in [-0.39, 0.29) is 35.4 Å². The fraction of sp³-hybridized carbons (Fsp3) is 0.318. The molecule has 2 aromatic carbocycles. The summed E-state index contributed by atoms with van der Waals surface area (Å²) < 4.78 is 11.1. The first-order valence-electron chi connectivity index (χ1n) is 9.31. The van der Waals surface area contributed by atoms with E-state index in [1.807, 2.05) is 12.1 Å². The third-order valence-corrected chi connectivity index (χ3v) is 5.68. The molecule has 0 unspecified atom stereocenters. The van der Waals surface area contributed by atoms with Crippen LogP contribution in [0.25, 0.3) is 0 Å². The van der Waals surface area contributed by atoms with Gasteiger partial charge < -0.3 is 25.0 Å². The summed E-state index contributed by atoms with van der Waals surface area (Å²) in [6.45, 7) is 4.35. The van der Waals surface area contributed by atoms with Gasteiger partial charge in [0.1, 0.15) is 0 Å². The Morgan fingerprint density at radius 3 is 2.54 bits per heavy atom. The molecular weight excluding hydrogens is 358 g/mol. The Balaban J connectivity index is 1.74. The maximum Gasteiger partial charge on any atom is 0.231 e. The lowest BCUT2D eigenvalue weighted by Crippen LogP contribution is -2.33. The molecule has 6 heteroatoms. The molecule has 0 radical (unpaired) electrons. The van der Waals surface area contributed by atoms with Crippen LogP contribution in [0.5, 0.6) is 23.0 Å². The summed E-state index contributed by atoms with van der Waals surface area (Å²) in [4.78, 5) is 13.2. The number of hydrogen-bond acceptors (Lipinski definition) is 6. The summed E-state index contributed by atoms with van der Waals surface area (Å²) in [6, 6.07) is 8.53. The molecule has 2 aromatic rings. The number of allylic oxidation sites excluding steroid dienone is 2. The smallest absolute Gasteiger partial charge is 0.231 e. The third-order valence-electron chi connectivity index (χ3n) is 5.68. The maximum atomic E-state index is 13.2. The number of nitrogens with one attached hydrogen (secondary N) is 1. The van der Waals surface area contributed by atoms with Crippen molar-refractivity contribution in [2.75, 3.05) is 12.1 Å². The van der Waals surface area contributed by atoms with Gasteiger partial charge in [0, 0.05) is 35.4 Å². The number of aromatic hydroxyl groups is 2. The highest BCUT2D eigenvalue weighted by Gasteiger charge is 2.41. The van der Waals surface area contributed by atoms with Gasteiger partial charge in [-0.2, -0.15) is 0 Å². The van der Waals surface area contributed by atoms with E-state index in [0.717, 1.165) is 34.5 Å². The average Bonchev–Trinajstić information content (AvgIpc) is 3.07. The van der Waals surface area contributed by atoms with E-state index in [0.29, 0.717) is 17.9 Å². The number of phenolic OH excluding ortho intramolecular Hbond substituents is 2. The summed E-state index contributed by atoms with van der Waals surface area (Å²) >= 11 is 0. The van der Waals surface area contributed by atoms with Crippen molar-refractivity contribution < 1.29 is 24.5 Å². The molecule has 2 aliphatic heterocycles. The number of anilines is 1. The lowest BCUT2D eigenvalue weighted by atomic mass is 9.68. The molecule has 0 aromatic heterocycles. The predicted octanol–water partition coefficient (Wildman–Crippen LogP) is 4.03. The Morgan fingerprint density at radius 1 is 1.04 bits per heavy atom. The number of Topliss-reactive ketones (excluding diaryl/α,β-unsaturated/α-hetero) is 1. The van der Waals surface area contributed by atoms with Gasteiger partial charge in [-0.15, -0.1) is 0 Å². The second-order valence-electron chi connectivity index (χ2n) is 8.43. The second kappa shape index (κ2) is 5.67. The van der Waals surface area contributed by atoms with E-state index in [2.05, 4.69) is 19.2 Å². The Bertz CT molecular complexity index is 1050. The van der Waals surface area contributed by atoms with Crippen molar-refractivity contribution in [1.29, 1.82) is 0 Å². The zero-order valence-corrected chi connectivity index (χ0v) is 15.7. The minimum Gasteiger partial charge on any atom is -0.504 e. The maximum absolute atomic E-state index is 13.2. The van der Waals surface area contributed by atoms with Gasteiger partial charge in [-0.3, -0.25) is 4.79 Å². The zero-order chi connectivity index (χ0) is 19.6. The molecule has 3 N–H and O–H groups in total. The fourth-order valence-electron chi connectivity index (χ4n) is 4.47. The van der Waals surface area contributed by atoms with E-state index in [9.17, 15) is 15.0 Å². The van der Waals surface area contributed by atoms with Crippen molar-refractivity contribution in [3.63, 3.8) is 0 Å². The Morgan fingerprint density at radius 2 is 1.79 bits per heavy atom. The Labute approximate surface area is 162 Å². The molecule has 0 amide bonds. The molecule has 1 aliphatic carbocycles. The van der Waals surface area contributed by atoms with Crippen LogP contribution in [0.3, 0.4) is 0 Å². The van der Waals surface area contributed by atoms with Gasteiger partial charge in [-0.25, -0.2) is 0 Å². The number of ketones is 1. The van der Waals surface area contributed by atoms with Gasteiger partial charge in [0.05, 0.1) is 0 Å². The van der Waals surface area contributed by atoms with E-state index in [4.69, 9.17) is 9.47 Å². The second-order valence-corrected chi connectivity index (χ2v) is 8.43. The highest BCUT2D eigenvalue weighted by Crippen LogP contribution is 2.52. The molecule has 0 saturated heterocycles. The summed E-state index contributed by atoms with van der Waals surface area (Å²) in [5.41, 5.74) is 4.00. The van der Waals surface area contributed by atoms with E-state index >= 15 is 0 Å². The number of rotatable bonds is 1. The SMILES string of the molecule is CC1(C)CC(=O)C2=C(C1)Nc1cc3c(cc1[C@@H]2c1ccc(O)c(O)c1)OCO3. The van der Waals surface area contributed by atoms with Crippen LogP contribution in [0.1, 0.15) is 43.7 Å². The van der Waals surface area contributed by atoms with Crippen LogP contribution >= 0.6 is 0 Å². The quantitative estimate of drug-likeness (QED) is 0.649. The summed E-state index contributed by atoms with van der Waals surface area (Å²) in [7, 11) is 0. The van der Waals surface area contributed by atoms with Crippen molar-refractivity contribution in [1.82, 2.24) is 0 Å². The molecule has 28 heavy (non-hydrogen) atoms. The average molecular weight is 379 g/mol. The summed E-state index contributed by atoms with van der Waals surface area (Å²) in [6.07, 6.45) is 1.22. The molecule has 0 bridgehead atoms. The van der Waals surface area contributed by atoms with E-state index < -0.39 is 0 Å². The van der Waals surface area contributed by atoms with E-state index in [1.54, 1.807) is 6.07 Å². The topological polar surface area (TPSA) is 88.0 Å².